The van der Waals surface area contributed by atoms with Crippen LogP contribution in [0.1, 0.15) is 46.5 Å². The van der Waals surface area contributed by atoms with Crippen LogP contribution in [0.25, 0.3) is 0 Å². The molecule has 2 rings (SSSR count). The SMILES string of the molecule is CC(C)(C)C1=CCN(C(=O)[C@@H]2CCCCN2)CC1. The Balaban J connectivity index is 1.92. The van der Waals surface area contributed by atoms with Crippen molar-refractivity contribution in [1.29, 1.82) is 0 Å². The van der Waals surface area contributed by atoms with Crippen molar-refractivity contribution in [1.82, 2.24) is 10.2 Å². The van der Waals surface area contributed by atoms with Gasteiger partial charge in [-0.2, -0.15) is 0 Å². The predicted molar refractivity (Wildman–Crippen MR) is 74.4 cm³/mol. The molecule has 0 aromatic carbocycles. The second kappa shape index (κ2) is 5.43. The van der Waals surface area contributed by atoms with E-state index in [1.165, 1.54) is 18.4 Å². The Kier molecular flexibility index (Phi) is 4.10. The molecule has 1 atom stereocenters. The molecule has 1 amide bonds. The fourth-order valence-electron chi connectivity index (χ4n) is 2.83. The minimum atomic E-state index is 0.0725. The van der Waals surface area contributed by atoms with Gasteiger partial charge in [-0.3, -0.25) is 4.79 Å². The summed E-state index contributed by atoms with van der Waals surface area (Å²) in [6.07, 6.45) is 6.68. The summed E-state index contributed by atoms with van der Waals surface area (Å²) >= 11 is 0. The molecule has 102 valence electrons. The Morgan fingerprint density at radius 2 is 2.17 bits per heavy atom. The van der Waals surface area contributed by atoms with Gasteiger partial charge in [-0.25, -0.2) is 0 Å². The molecule has 1 saturated heterocycles. The Labute approximate surface area is 111 Å². The first kappa shape index (κ1) is 13.6. The zero-order valence-corrected chi connectivity index (χ0v) is 12.0. The maximum Gasteiger partial charge on any atom is 0.239 e. The van der Waals surface area contributed by atoms with E-state index in [9.17, 15) is 4.79 Å². The highest BCUT2D eigenvalue weighted by atomic mass is 16.2. The lowest BCUT2D eigenvalue weighted by Gasteiger charge is -2.35. The summed E-state index contributed by atoms with van der Waals surface area (Å²) in [7, 11) is 0. The van der Waals surface area contributed by atoms with E-state index < -0.39 is 0 Å². The van der Waals surface area contributed by atoms with Crippen molar-refractivity contribution in [2.24, 2.45) is 5.41 Å². The molecule has 0 aliphatic carbocycles. The van der Waals surface area contributed by atoms with Crippen LogP contribution in [0.15, 0.2) is 11.6 Å². The minimum absolute atomic E-state index is 0.0725. The van der Waals surface area contributed by atoms with E-state index >= 15 is 0 Å². The number of rotatable bonds is 1. The van der Waals surface area contributed by atoms with Gasteiger partial charge in [-0.05, 0) is 31.2 Å². The molecule has 2 aliphatic heterocycles. The highest BCUT2D eigenvalue weighted by Crippen LogP contribution is 2.30. The molecule has 0 spiro atoms. The molecule has 3 nitrogen and oxygen atoms in total. The van der Waals surface area contributed by atoms with Gasteiger partial charge in [0.2, 0.25) is 5.91 Å². The molecule has 2 heterocycles. The lowest BCUT2D eigenvalue weighted by molar-refractivity contribution is -0.133. The largest absolute Gasteiger partial charge is 0.337 e. The van der Waals surface area contributed by atoms with Gasteiger partial charge >= 0.3 is 0 Å². The van der Waals surface area contributed by atoms with Gasteiger partial charge < -0.3 is 10.2 Å². The summed E-state index contributed by atoms with van der Waals surface area (Å²) < 4.78 is 0. The molecule has 0 aromatic rings. The molecular weight excluding hydrogens is 224 g/mol. The van der Waals surface area contributed by atoms with E-state index in [0.717, 1.165) is 32.5 Å². The number of hydrogen-bond donors (Lipinski definition) is 1. The highest BCUT2D eigenvalue weighted by Gasteiger charge is 2.28. The Bertz CT molecular complexity index is 335. The number of carbonyl (C=O) groups excluding carboxylic acids is 1. The summed E-state index contributed by atoms with van der Waals surface area (Å²) in [4.78, 5) is 14.4. The normalized spacial score (nSPS) is 25.8. The van der Waals surface area contributed by atoms with Crippen LogP contribution in [0, 0.1) is 5.41 Å². The zero-order chi connectivity index (χ0) is 13.2. The van der Waals surface area contributed by atoms with E-state index in [-0.39, 0.29) is 11.5 Å². The highest BCUT2D eigenvalue weighted by molar-refractivity contribution is 5.82. The Morgan fingerprint density at radius 1 is 1.39 bits per heavy atom. The van der Waals surface area contributed by atoms with Crippen molar-refractivity contribution in [2.45, 2.75) is 52.5 Å². The summed E-state index contributed by atoms with van der Waals surface area (Å²) in [6, 6.07) is 0.0725. The summed E-state index contributed by atoms with van der Waals surface area (Å²) in [5.41, 5.74) is 1.74. The average molecular weight is 250 g/mol. The van der Waals surface area contributed by atoms with Gasteiger partial charge in [0.25, 0.3) is 0 Å². The summed E-state index contributed by atoms with van der Waals surface area (Å²) in [5, 5.41) is 3.35. The minimum Gasteiger partial charge on any atom is -0.337 e. The van der Waals surface area contributed by atoms with Gasteiger partial charge in [0.05, 0.1) is 6.04 Å². The summed E-state index contributed by atoms with van der Waals surface area (Å²) in [5.74, 6) is 0.305. The van der Waals surface area contributed by atoms with E-state index in [1.807, 2.05) is 4.90 Å². The van der Waals surface area contributed by atoms with Crippen LogP contribution < -0.4 is 5.32 Å². The quantitative estimate of drug-likeness (QED) is 0.724. The van der Waals surface area contributed by atoms with Crippen molar-refractivity contribution in [3.8, 4) is 0 Å². The van der Waals surface area contributed by atoms with E-state index in [1.54, 1.807) is 0 Å². The Hall–Kier alpha value is -0.830. The van der Waals surface area contributed by atoms with Gasteiger partial charge in [0.1, 0.15) is 0 Å². The monoisotopic (exact) mass is 250 g/mol. The smallest absolute Gasteiger partial charge is 0.239 e. The van der Waals surface area contributed by atoms with Crippen LogP contribution in [-0.2, 0) is 4.79 Å². The fraction of sp³-hybridized carbons (Fsp3) is 0.800. The number of nitrogens with zero attached hydrogens (tertiary/aromatic N) is 1. The van der Waals surface area contributed by atoms with E-state index in [0.29, 0.717) is 5.91 Å². The molecule has 0 aromatic heterocycles. The fourth-order valence-corrected chi connectivity index (χ4v) is 2.83. The molecule has 2 aliphatic rings. The van der Waals surface area contributed by atoms with Crippen LogP contribution >= 0.6 is 0 Å². The number of piperidine rings is 1. The molecular formula is C15H26N2O. The topological polar surface area (TPSA) is 32.3 Å². The number of nitrogens with one attached hydrogen (secondary N) is 1. The van der Waals surface area contributed by atoms with Gasteiger partial charge in [0, 0.05) is 13.1 Å². The Morgan fingerprint density at radius 3 is 2.67 bits per heavy atom. The van der Waals surface area contributed by atoms with E-state index in [2.05, 4.69) is 32.2 Å². The lowest BCUT2D eigenvalue weighted by Crippen LogP contribution is -2.49. The number of amides is 1. The molecule has 0 unspecified atom stereocenters. The molecule has 18 heavy (non-hydrogen) atoms. The van der Waals surface area contributed by atoms with Crippen LogP contribution in [0.2, 0.25) is 0 Å². The van der Waals surface area contributed by atoms with Crippen molar-refractivity contribution in [2.75, 3.05) is 19.6 Å². The third-order valence-corrected chi connectivity index (χ3v) is 4.09. The third kappa shape index (κ3) is 3.14. The maximum absolute atomic E-state index is 12.3. The van der Waals surface area contributed by atoms with Crippen molar-refractivity contribution in [3.05, 3.63) is 11.6 Å². The van der Waals surface area contributed by atoms with Crippen molar-refractivity contribution in [3.63, 3.8) is 0 Å². The van der Waals surface area contributed by atoms with Crippen LogP contribution in [-0.4, -0.2) is 36.5 Å². The standard InChI is InChI=1S/C15H26N2O/c1-15(2,3)12-7-10-17(11-8-12)14(18)13-6-4-5-9-16-13/h7,13,16H,4-6,8-11H2,1-3H3/t13-/m0/s1. The molecule has 0 saturated carbocycles. The van der Waals surface area contributed by atoms with Crippen LogP contribution in [0.4, 0.5) is 0 Å². The third-order valence-electron chi connectivity index (χ3n) is 4.09. The number of carbonyl (C=O) groups is 1. The first-order chi connectivity index (χ1) is 8.48. The second-order valence-corrected chi connectivity index (χ2v) is 6.52. The van der Waals surface area contributed by atoms with Gasteiger partial charge in [0.15, 0.2) is 0 Å². The van der Waals surface area contributed by atoms with E-state index in [4.69, 9.17) is 0 Å². The second-order valence-electron chi connectivity index (χ2n) is 6.52. The van der Waals surface area contributed by atoms with Crippen LogP contribution in [0.5, 0.6) is 0 Å². The number of hydrogen-bond acceptors (Lipinski definition) is 2. The van der Waals surface area contributed by atoms with Crippen molar-refractivity contribution >= 4 is 5.91 Å². The lowest BCUT2D eigenvalue weighted by atomic mass is 9.83. The maximum atomic E-state index is 12.3. The summed E-state index contributed by atoms with van der Waals surface area (Å²) in [6.45, 7) is 9.42. The van der Waals surface area contributed by atoms with Gasteiger partial charge in [-0.1, -0.05) is 38.8 Å². The average Bonchev–Trinajstić information content (AvgIpc) is 2.38. The van der Waals surface area contributed by atoms with Gasteiger partial charge in [-0.15, -0.1) is 0 Å². The molecule has 1 N–H and O–H groups in total. The molecule has 0 bridgehead atoms. The van der Waals surface area contributed by atoms with Crippen LogP contribution in [0.3, 0.4) is 0 Å². The first-order valence-electron chi connectivity index (χ1n) is 7.20. The predicted octanol–water partition coefficient (Wildman–Crippen LogP) is 2.33. The molecule has 1 fully saturated rings. The first-order valence-corrected chi connectivity index (χ1v) is 7.20. The molecule has 3 heteroatoms. The molecule has 0 radical (unpaired) electrons. The van der Waals surface area contributed by atoms with Crippen molar-refractivity contribution < 1.29 is 4.79 Å². The zero-order valence-electron chi connectivity index (χ0n) is 12.0.